The van der Waals surface area contributed by atoms with E-state index in [-0.39, 0.29) is 18.7 Å². The van der Waals surface area contributed by atoms with Gasteiger partial charge in [-0.05, 0) is 24.6 Å². The summed E-state index contributed by atoms with van der Waals surface area (Å²) < 4.78 is 5.09. The van der Waals surface area contributed by atoms with Gasteiger partial charge in [-0.15, -0.1) is 0 Å². The minimum Gasteiger partial charge on any atom is -0.459 e. The molecule has 0 radical (unpaired) electrons. The Labute approximate surface area is 142 Å². The van der Waals surface area contributed by atoms with Crippen LogP contribution in [0.2, 0.25) is 0 Å². The molecule has 0 bridgehead atoms. The molecule has 132 valence electrons. The number of hydrogen-bond acceptors (Lipinski definition) is 7. The Morgan fingerprint density at radius 2 is 2.04 bits per heavy atom. The molecule has 9 heteroatoms. The number of rotatable bonds is 5. The van der Waals surface area contributed by atoms with Crippen LogP contribution in [0.15, 0.2) is 24.3 Å². The number of nitrogens with zero attached hydrogens (tertiary/aromatic N) is 2. The number of ketones is 1. The summed E-state index contributed by atoms with van der Waals surface area (Å²) in [6.07, 6.45) is -0.852. The first-order chi connectivity index (χ1) is 11.8. The second-order valence-corrected chi connectivity index (χ2v) is 6.18. The van der Waals surface area contributed by atoms with Crippen LogP contribution in [0.25, 0.3) is 0 Å². The third-order valence-electron chi connectivity index (χ3n) is 4.58. The molecule has 2 heterocycles. The van der Waals surface area contributed by atoms with Crippen molar-refractivity contribution >= 4 is 23.3 Å². The summed E-state index contributed by atoms with van der Waals surface area (Å²) in [6.45, 7) is 1.32. The Balaban J connectivity index is 1.63. The van der Waals surface area contributed by atoms with Crippen LogP contribution in [-0.4, -0.2) is 50.8 Å². The van der Waals surface area contributed by atoms with Crippen LogP contribution in [0, 0.1) is 16.0 Å². The van der Waals surface area contributed by atoms with Crippen LogP contribution in [-0.2, 0) is 25.7 Å². The van der Waals surface area contributed by atoms with Crippen LogP contribution < -0.4 is 0 Å². The van der Waals surface area contributed by atoms with Gasteiger partial charge in [0.05, 0.1) is 23.0 Å². The number of Topliss-reactive ketones (excluding diaryl/α,β-unsaturated/α-hetero) is 1. The minimum absolute atomic E-state index is 0.0264. The maximum Gasteiger partial charge on any atom is 0.337 e. The summed E-state index contributed by atoms with van der Waals surface area (Å²) in [5.74, 6) is -2.32. The van der Waals surface area contributed by atoms with Gasteiger partial charge in [0.25, 0.3) is 5.69 Å². The van der Waals surface area contributed by atoms with Crippen molar-refractivity contribution in [1.29, 1.82) is 0 Å². The number of non-ortho nitro benzene ring substituents is 1. The molecule has 9 nitrogen and oxygen atoms in total. The molecule has 0 spiro atoms. The van der Waals surface area contributed by atoms with Gasteiger partial charge in [-0.1, -0.05) is 0 Å². The minimum atomic E-state index is -1.27. The molecule has 1 amide bonds. The fourth-order valence-electron chi connectivity index (χ4n) is 3.33. The van der Waals surface area contributed by atoms with Crippen LogP contribution >= 0.6 is 0 Å². The zero-order valence-electron chi connectivity index (χ0n) is 13.3. The summed E-state index contributed by atoms with van der Waals surface area (Å²) >= 11 is 0. The highest BCUT2D eigenvalue weighted by molar-refractivity contribution is 6.11. The smallest absolute Gasteiger partial charge is 0.337 e. The molecule has 0 saturated carbocycles. The van der Waals surface area contributed by atoms with Crippen molar-refractivity contribution in [3.05, 3.63) is 39.9 Å². The monoisotopic (exact) mass is 348 g/mol. The number of esters is 1. The molecule has 25 heavy (non-hydrogen) atoms. The molecule has 2 fully saturated rings. The largest absolute Gasteiger partial charge is 0.459 e. The van der Waals surface area contributed by atoms with E-state index in [0.29, 0.717) is 5.56 Å². The molecular formula is C16H16N2O7. The van der Waals surface area contributed by atoms with E-state index < -0.39 is 46.7 Å². The van der Waals surface area contributed by atoms with Gasteiger partial charge in [-0.25, -0.2) is 4.79 Å². The predicted molar refractivity (Wildman–Crippen MR) is 82.1 cm³/mol. The van der Waals surface area contributed by atoms with Gasteiger partial charge >= 0.3 is 5.97 Å². The van der Waals surface area contributed by atoms with Crippen molar-refractivity contribution in [2.75, 3.05) is 0 Å². The molecule has 0 unspecified atom stereocenters. The Morgan fingerprint density at radius 1 is 1.40 bits per heavy atom. The third kappa shape index (κ3) is 2.86. The Kier molecular flexibility index (Phi) is 4.25. The summed E-state index contributed by atoms with van der Waals surface area (Å²) in [7, 11) is 0. The number of nitro benzene ring substituents is 1. The number of ether oxygens (including phenoxy) is 1. The van der Waals surface area contributed by atoms with Crippen molar-refractivity contribution in [3.8, 4) is 0 Å². The van der Waals surface area contributed by atoms with E-state index in [2.05, 4.69) is 0 Å². The van der Waals surface area contributed by atoms with Crippen LogP contribution in [0.5, 0.6) is 0 Å². The zero-order chi connectivity index (χ0) is 18.3. The maximum atomic E-state index is 12.2. The molecule has 0 aliphatic carbocycles. The predicted octanol–water partition coefficient (Wildman–Crippen LogP) is 0.187. The SMILES string of the molecule is C[C@H](O)[C@@H]1C(=O)N2[C@H](C(=O)OCc3ccc([N+](=O)[O-])cc3)C(=O)C[C@@H]12. The van der Waals surface area contributed by atoms with E-state index in [4.69, 9.17) is 4.74 Å². The number of fused-ring (bicyclic) bond motifs is 1. The van der Waals surface area contributed by atoms with Gasteiger partial charge in [-0.3, -0.25) is 19.7 Å². The molecule has 1 aromatic carbocycles. The van der Waals surface area contributed by atoms with Gasteiger partial charge in [0.15, 0.2) is 11.8 Å². The van der Waals surface area contributed by atoms with E-state index in [1.54, 1.807) is 0 Å². The quantitative estimate of drug-likeness (QED) is 0.264. The lowest BCUT2D eigenvalue weighted by Crippen LogP contribution is -2.64. The van der Waals surface area contributed by atoms with Gasteiger partial charge in [0, 0.05) is 18.6 Å². The lowest BCUT2D eigenvalue weighted by molar-refractivity contribution is -0.384. The Bertz CT molecular complexity index is 743. The van der Waals surface area contributed by atoms with E-state index in [1.165, 1.54) is 36.1 Å². The fourth-order valence-corrected chi connectivity index (χ4v) is 3.33. The van der Waals surface area contributed by atoms with E-state index in [0.717, 1.165) is 0 Å². The number of aliphatic hydroxyl groups excluding tert-OH is 1. The fraction of sp³-hybridized carbons (Fsp3) is 0.438. The zero-order valence-corrected chi connectivity index (χ0v) is 13.3. The number of carbonyl (C=O) groups is 3. The molecule has 2 saturated heterocycles. The Hall–Kier alpha value is -2.81. The number of aliphatic hydroxyl groups is 1. The topological polar surface area (TPSA) is 127 Å². The van der Waals surface area contributed by atoms with Crippen molar-refractivity contribution in [1.82, 2.24) is 4.90 Å². The normalized spacial score (nSPS) is 26.0. The average molecular weight is 348 g/mol. The third-order valence-corrected chi connectivity index (χ3v) is 4.58. The number of hydrogen-bond donors (Lipinski definition) is 1. The number of nitro groups is 1. The standard InChI is InChI=1S/C16H16N2O7/c1-8(19)13-11-6-12(20)14(17(11)15(13)21)16(22)25-7-9-2-4-10(5-3-9)18(23)24/h2-5,8,11,13-14,19H,6-7H2,1H3/t8-,11-,13-,14-/m0/s1. The average Bonchev–Trinajstić information content (AvgIpc) is 2.85. The van der Waals surface area contributed by atoms with Gasteiger partial charge in [0.2, 0.25) is 5.91 Å². The number of carbonyl (C=O) groups excluding carboxylic acids is 3. The molecule has 1 aromatic rings. The summed E-state index contributed by atoms with van der Waals surface area (Å²) in [5.41, 5.74) is 0.442. The van der Waals surface area contributed by atoms with Crippen LogP contribution in [0.3, 0.4) is 0 Å². The lowest BCUT2D eigenvalue weighted by atomic mass is 9.84. The summed E-state index contributed by atoms with van der Waals surface area (Å²) in [6, 6.07) is 3.73. The van der Waals surface area contributed by atoms with Gasteiger partial charge < -0.3 is 14.7 Å². The van der Waals surface area contributed by atoms with Crippen molar-refractivity contribution in [2.45, 2.75) is 38.1 Å². The van der Waals surface area contributed by atoms with Crippen molar-refractivity contribution < 1.29 is 29.2 Å². The Morgan fingerprint density at radius 3 is 2.60 bits per heavy atom. The molecule has 3 rings (SSSR count). The maximum absolute atomic E-state index is 12.2. The first-order valence-electron chi connectivity index (χ1n) is 7.74. The lowest BCUT2D eigenvalue weighted by Gasteiger charge is -2.45. The molecule has 0 aromatic heterocycles. The second kappa shape index (κ2) is 6.25. The van der Waals surface area contributed by atoms with Crippen LogP contribution in [0.1, 0.15) is 18.9 Å². The summed E-state index contributed by atoms with van der Waals surface area (Å²) in [4.78, 5) is 47.6. The molecule has 4 atom stereocenters. The molecular weight excluding hydrogens is 332 g/mol. The molecule has 2 aliphatic heterocycles. The highest BCUT2D eigenvalue weighted by Gasteiger charge is 2.61. The molecule has 1 N–H and O–H groups in total. The van der Waals surface area contributed by atoms with Crippen molar-refractivity contribution in [2.24, 2.45) is 5.92 Å². The van der Waals surface area contributed by atoms with Gasteiger partial charge in [-0.2, -0.15) is 0 Å². The number of benzene rings is 1. The van der Waals surface area contributed by atoms with E-state index in [9.17, 15) is 29.6 Å². The van der Waals surface area contributed by atoms with Crippen molar-refractivity contribution in [3.63, 3.8) is 0 Å². The number of amides is 1. The highest BCUT2D eigenvalue weighted by atomic mass is 16.6. The van der Waals surface area contributed by atoms with Gasteiger partial charge in [0.1, 0.15) is 6.61 Å². The second-order valence-electron chi connectivity index (χ2n) is 6.18. The van der Waals surface area contributed by atoms with Crippen LogP contribution in [0.4, 0.5) is 5.69 Å². The number of β-lactam (4-membered cyclic amide) rings is 1. The highest BCUT2D eigenvalue weighted by Crippen LogP contribution is 2.40. The first kappa shape index (κ1) is 17.0. The first-order valence-corrected chi connectivity index (χ1v) is 7.74. The molecule has 2 aliphatic rings. The van der Waals surface area contributed by atoms with E-state index in [1.807, 2.05) is 0 Å². The van der Waals surface area contributed by atoms with E-state index >= 15 is 0 Å². The summed E-state index contributed by atoms with van der Waals surface area (Å²) in [5, 5.41) is 20.2.